The number of aliphatic hydroxyl groups is 1. The van der Waals surface area contributed by atoms with Crippen LogP contribution in [0.4, 0.5) is 0 Å². The van der Waals surface area contributed by atoms with E-state index in [1.54, 1.807) is 6.20 Å². The van der Waals surface area contributed by atoms with Crippen molar-refractivity contribution in [3.63, 3.8) is 0 Å². The van der Waals surface area contributed by atoms with Gasteiger partial charge in [0.1, 0.15) is 5.82 Å². The van der Waals surface area contributed by atoms with Gasteiger partial charge < -0.3 is 14.6 Å². The number of aliphatic hydroxyl groups excluding tert-OH is 1. The number of nitrogens with zero attached hydrogens (tertiary/aromatic N) is 3. The number of aryl methyl sites for hydroxylation is 2. The van der Waals surface area contributed by atoms with Crippen molar-refractivity contribution in [3.05, 3.63) is 18.2 Å². The fourth-order valence-electron chi connectivity index (χ4n) is 2.19. The van der Waals surface area contributed by atoms with Gasteiger partial charge in [-0.1, -0.05) is 0 Å². The van der Waals surface area contributed by atoms with Crippen LogP contribution in [-0.2, 0) is 11.3 Å². The maximum absolute atomic E-state index is 12.0. The number of carbonyl (C=O) groups is 1. The van der Waals surface area contributed by atoms with Crippen molar-refractivity contribution in [2.45, 2.75) is 45.2 Å². The summed E-state index contributed by atoms with van der Waals surface area (Å²) in [6, 6.07) is 0.389. The van der Waals surface area contributed by atoms with Gasteiger partial charge in [-0.05, 0) is 26.2 Å². The van der Waals surface area contributed by atoms with E-state index in [1.807, 2.05) is 18.0 Å². The van der Waals surface area contributed by atoms with Crippen molar-refractivity contribution in [1.29, 1.82) is 0 Å². The first-order chi connectivity index (χ1) is 8.72. The lowest BCUT2D eigenvalue weighted by molar-refractivity contribution is -0.132. The summed E-state index contributed by atoms with van der Waals surface area (Å²) >= 11 is 0. The van der Waals surface area contributed by atoms with E-state index in [0.717, 1.165) is 31.6 Å². The molecule has 100 valence electrons. The molecular formula is C13H21N3O2. The fourth-order valence-corrected chi connectivity index (χ4v) is 2.19. The van der Waals surface area contributed by atoms with E-state index in [1.165, 1.54) is 0 Å². The van der Waals surface area contributed by atoms with Crippen LogP contribution in [-0.4, -0.2) is 44.7 Å². The van der Waals surface area contributed by atoms with E-state index in [4.69, 9.17) is 5.11 Å². The Hall–Kier alpha value is -1.36. The lowest BCUT2D eigenvalue weighted by atomic mass is 10.2. The summed E-state index contributed by atoms with van der Waals surface area (Å²) in [5, 5.41) is 8.97. The zero-order chi connectivity index (χ0) is 13.0. The number of carbonyl (C=O) groups excluding carboxylic acids is 1. The second-order valence-corrected chi connectivity index (χ2v) is 4.81. The van der Waals surface area contributed by atoms with Crippen LogP contribution < -0.4 is 0 Å². The van der Waals surface area contributed by atoms with Crippen LogP contribution in [0.1, 0.15) is 31.5 Å². The number of aromatic nitrogens is 2. The van der Waals surface area contributed by atoms with Crippen LogP contribution in [0.3, 0.4) is 0 Å². The Balaban J connectivity index is 1.75. The van der Waals surface area contributed by atoms with E-state index in [0.29, 0.717) is 19.0 Å². The van der Waals surface area contributed by atoms with Crippen LogP contribution in [0.5, 0.6) is 0 Å². The van der Waals surface area contributed by atoms with Gasteiger partial charge in [0.15, 0.2) is 0 Å². The SMILES string of the molecule is Cc1nccn1CCCC(=O)N(CCO)C1CC1. The largest absolute Gasteiger partial charge is 0.395 e. The maximum Gasteiger partial charge on any atom is 0.222 e. The highest BCUT2D eigenvalue weighted by atomic mass is 16.3. The molecule has 2 rings (SSSR count). The fraction of sp³-hybridized carbons (Fsp3) is 0.692. The molecule has 1 fully saturated rings. The molecular weight excluding hydrogens is 230 g/mol. The summed E-state index contributed by atoms with van der Waals surface area (Å²) in [5.41, 5.74) is 0. The first-order valence-electron chi connectivity index (χ1n) is 6.60. The van der Waals surface area contributed by atoms with Gasteiger partial charge in [0, 0.05) is 37.9 Å². The lowest BCUT2D eigenvalue weighted by Gasteiger charge is -2.21. The molecule has 1 aromatic heterocycles. The Morgan fingerprint density at radius 3 is 2.94 bits per heavy atom. The van der Waals surface area contributed by atoms with E-state index < -0.39 is 0 Å². The van der Waals surface area contributed by atoms with Gasteiger partial charge in [-0.3, -0.25) is 4.79 Å². The predicted octanol–water partition coefficient (Wildman–Crippen LogP) is 0.955. The van der Waals surface area contributed by atoms with Gasteiger partial charge in [-0.25, -0.2) is 4.98 Å². The number of hydrogen-bond acceptors (Lipinski definition) is 3. The molecule has 0 spiro atoms. The smallest absolute Gasteiger partial charge is 0.222 e. The molecule has 18 heavy (non-hydrogen) atoms. The van der Waals surface area contributed by atoms with Crippen LogP contribution in [0.15, 0.2) is 12.4 Å². The molecule has 1 aliphatic carbocycles. The van der Waals surface area contributed by atoms with Crippen LogP contribution >= 0.6 is 0 Å². The summed E-state index contributed by atoms with van der Waals surface area (Å²) < 4.78 is 2.06. The molecule has 0 aliphatic heterocycles. The Morgan fingerprint density at radius 1 is 1.61 bits per heavy atom. The number of hydrogen-bond donors (Lipinski definition) is 1. The van der Waals surface area contributed by atoms with Gasteiger partial charge in [0.05, 0.1) is 6.61 Å². The average molecular weight is 251 g/mol. The quantitative estimate of drug-likeness (QED) is 0.785. The summed E-state index contributed by atoms with van der Waals surface area (Å²) in [7, 11) is 0. The van der Waals surface area contributed by atoms with Crippen molar-refractivity contribution in [3.8, 4) is 0 Å². The third-order valence-corrected chi connectivity index (χ3v) is 3.36. The molecule has 5 nitrogen and oxygen atoms in total. The van der Waals surface area contributed by atoms with Gasteiger partial charge in [-0.2, -0.15) is 0 Å². The molecule has 5 heteroatoms. The molecule has 0 atom stereocenters. The average Bonchev–Trinajstić information content (AvgIpc) is 3.11. The second kappa shape index (κ2) is 6.00. The van der Waals surface area contributed by atoms with Gasteiger partial charge in [-0.15, -0.1) is 0 Å². The summed E-state index contributed by atoms with van der Waals surface area (Å²) in [6.45, 7) is 3.33. The zero-order valence-electron chi connectivity index (χ0n) is 10.9. The third kappa shape index (κ3) is 3.32. The molecule has 1 saturated carbocycles. The molecule has 1 N–H and O–H groups in total. The van der Waals surface area contributed by atoms with E-state index in [9.17, 15) is 4.79 Å². The molecule has 1 aliphatic rings. The molecule has 0 aromatic carbocycles. The molecule has 1 aromatic rings. The Bertz CT molecular complexity index is 399. The first-order valence-corrected chi connectivity index (χ1v) is 6.60. The van der Waals surface area contributed by atoms with Gasteiger partial charge >= 0.3 is 0 Å². The Labute approximate surface area is 107 Å². The Kier molecular flexibility index (Phi) is 4.36. The summed E-state index contributed by atoms with van der Waals surface area (Å²) in [5.74, 6) is 1.15. The maximum atomic E-state index is 12.0. The molecule has 0 bridgehead atoms. The van der Waals surface area contributed by atoms with Crippen LogP contribution in [0, 0.1) is 6.92 Å². The molecule has 0 saturated heterocycles. The van der Waals surface area contributed by atoms with Gasteiger partial charge in [0.25, 0.3) is 0 Å². The zero-order valence-corrected chi connectivity index (χ0v) is 10.9. The first kappa shape index (κ1) is 13.1. The van der Waals surface area contributed by atoms with Crippen molar-refractivity contribution < 1.29 is 9.90 Å². The summed E-state index contributed by atoms with van der Waals surface area (Å²) in [6.07, 6.45) is 7.27. The van der Waals surface area contributed by atoms with Crippen molar-refractivity contribution in [1.82, 2.24) is 14.5 Å². The monoisotopic (exact) mass is 251 g/mol. The molecule has 1 heterocycles. The predicted molar refractivity (Wildman–Crippen MR) is 68.0 cm³/mol. The van der Waals surface area contributed by atoms with Gasteiger partial charge in [0.2, 0.25) is 5.91 Å². The minimum atomic E-state index is 0.0584. The standard InChI is InChI=1S/C13H21N3O2/c1-11-14-6-8-15(11)7-2-3-13(18)16(9-10-17)12-4-5-12/h6,8,12,17H,2-5,7,9-10H2,1H3. The van der Waals surface area contributed by atoms with E-state index in [2.05, 4.69) is 9.55 Å². The van der Waals surface area contributed by atoms with Crippen molar-refractivity contribution in [2.75, 3.05) is 13.2 Å². The summed E-state index contributed by atoms with van der Waals surface area (Å²) in [4.78, 5) is 18.0. The number of imidazole rings is 1. The molecule has 1 amide bonds. The van der Waals surface area contributed by atoms with Crippen LogP contribution in [0.2, 0.25) is 0 Å². The third-order valence-electron chi connectivity index (χ3n) is 3.36. The normalized spacial score (nSPS) is 14.8. The second-order valence-electron chi connectivity index (χ2n) is 4.81. The van der Waals surface area contributed by atoms with E-state index >= 15 is 0 Å². The highest BCUT2D eigenvalue weighted by Crippen LogP contribution is 2.27. The highest BCUT2D eigenvalue weighted by Gasteiger charge is 2.31. The van der Waals surface area contributed by atoms with Crippen LogP contribution in [0.25, 0.3) is 0 Å². The molecule has 0 radical (unpaired) electrons. The minimum Gasteiger partial charge on any atom is -0.395 e. The van der Waals surface area contributed by atoms with Crippen molar-refractivity contribution >= 4 is 5.91 Å². The lowest BCUT2D eigenvalue weighted by Crippen LogP contribution is -2.35. The number of rotatable bonds is 7. The Morgan fingerprint density at radius 2 is 2.39 bits per heavy atom. The number of amides is 1. The topological polar surface area (TPSA) is 58.4 Å². The van der Waals surface area contributed by atoms with Crippen molar-refractivity contribution in [2.24, 2.45) is 0 Å². The molecule has 0 unspecified atom stereocenters. The van der Waals surface area contributed by atoms with E-state index in [-0.39, 0.29) is 12.5 Å². The minimum absolute atomic E-state index is 0.0584. The highest BCUT2D eigenvalue weighted by molar-refractivity contribution is 5.76.